The Labute approximate surface area is 233 Å². The third kappa shape index (κ3) is 6.78. The van der Waals surface area contributed by atoms with Crippen molar-refractivity contribution < 1.29 is 29.0 Å². The van der Waals surface area contributed by atoms with Gasteiger partial charge < -0.3 is 4.90 Å². The number of allylic oxidation sites excluding steroid dienone is 1. The summed E-state index contributed by atoms with van der Waals surface area (Å²) in [5, 5.41) is 25.2. The second kappa shape index (κ2) is 12.4. The average Bonchev–Trinajstić information content (AvgIpc) is 3.64. The molecule has 0 spiro atoms. The van der Waals surface area contributed by atoms with E-state index in [-0.39, 0.29) is 45.2 Å². The Morgan fingerprint density at radius 3 is 2.23 bits per heavy atom. The number of carbonyl (C=O) groups is 4. The lowest BCUT2D eigenvalue weighted by molar-refractivity contribution is -0.384. The van der Waals surface area contributed by atoms with Crippen LogP contribution in [0, 0.1) is 20.2 Å². The van der Waals surface area contributed by atoms with Crippen LogP contribution in [0.15, 0.2) is 63.7 Å². The zero-order chi connectivity index (χ0) is 28.8. The molecule has 2 aliphatic heterocycles. The third-order valence-electron chi connectivity index (χ3n) is 5.65. The molecule has 0 unspecified atom stereocenters. The quantitative estimate of drug-likeness (QED) is 0.248. The highest BCUT2D eigenvalue weighted by Crippen LogP contribution is 2.24. The van der Waals surface area contributed by atoms with Crippen LogP contribution in [0.25, 0.3) is 0 Å². The van der Waals surface area contributed by atoms with E-state index in [1.165, 1.54) is 34.1 Å². The lowest BCUT2D eigenvalue weighted by atomic mass is 10.1. The summed E-state index contributed by atoms with van der Waals surface area (Å²) >= 11 is 1.80. The molecule has 0 saturated carbocycles. The minimum atomic E-state index is -0.702. The number of rotatable bonds is 10. The summed E-state index contributed by atoms with van der Waals surface area (Å²) in [7, 11) is 0. The van der Waals surface area contributed by atoms with E-state index in [0.29, 0.717) is 12.8 Å². The molecule has 2 aliphatic rings. The number of thiophene rings is 2. The maximum atomic E-state index is 13.2. The highest BCUT2D eigenvalue weighted by Gasteiger charge is 2.27. The number of nitro groups is 2. The fourth-order valence-corrected chi connectivity index (χ4v) is 5.23. The number of Topliss-reactive ketones (excluding diaryl/α,β-unsaturated/α-hetero) is 2. The molecular formula is C24H20N6O8S2. The SMILES string of the molecule is O=C(NN(CC(=O)c1cc([N+](=O)[O-])cs1)C(=O)C1=CN=CCC1)C1=CN(CC(=O)c2cc([N+](=O)[O-])cs2)C=CC1. The molecule has 1 N–H and O–H groups in total. The van der Waals surface area contributed by atoms with Gasteiger partial charge in [-0.2, -0.15) is 0 Å². The second-order valence-electron chi connectivity index (χ2n) is 8.47. The Hall–Kier alpha value is -4.83. The molecule has 0 aliphatic carbocycles. The van der Waals surface area contributed by atoms with Gasteiger partial charge in [0.1, 0.15) is 6.54 Å². The molecule has 4 heterocycles. The molecule has 0 bridgehead atoms. The predicted molar refractivity (Wildman–Crippen MR) is 145 cm³/mol. The van der Waals surface area contributed by atoms with Crippen molar-refractivity contribution in [1.82, 2.24) is 15.3 Å². The van der Waals surface area contributed by atoms with E-state index in [4.69, 9.17) is 0 Å². The zero-order valence-electron chi connectivity index (χ0n) is 20.6. The minimum absolute atomic E-state index is 0.0488. The summed E-state index contributed by atoms with van der Waals surface area (Å²) in [5.74, 6) is -2.35. The molecule has 2 amide bonds. The molecular weight excluding hydrogens is 564 g/mol. The van der Waals surface area contributed by atoms with Crippen molar-refractivity contribution in [3.05, 3.63) is 88.7 Å². The van der Waals surface area contributed by atoms with Gasteiger partial charge in [-0.1, -0.05) is 6.08 Å². The smallest absolute Gasteiger partial charge is 0.280 e. The molecule has 14 nitrogen and oxygen atoms in total. The maximum absolute atomic E-state index is 13.2. The van der Waals surface area contributed by atoms with Crippen LogP contribution in [0.1, 0.15) is 38.6 Å². The Morgan fingerprint density at radius 2 is 1.65 bits per heavy atom. The van der Waals surface area contributed by atoms with Crippen LogP contribution < -0.4 is 5.43 Å². The fourth-order valence-electron chi connectivity index (χ4n) is 3.66. The summed E-state index contributed by atoms with van der Waals surface area (Å²) in [4.78, 5) is 78.1. The molecule has 16 heteroatoms. The van der Waals surface area contributed by atoms with Crippen LogP contribution in [-0.2, 0) is 9.59 Å². The van der Waals surface area contributed by atoms with Crippen LogP contribution in [0.5, 0.6) is 0 Å². The van der Waals surface area contributed by atoms with Crippen LogP contribution in [0.4, 0.5) is 11.4 Å². The van der Waals surface area contributed by atoms with Gasteiger partial charge in [0.25, 0.3) is 23.2 Å². The number of nitrogens with one attached hydrogen (secondary N) is 1. The molecule has 4 rings (SSSR count). The number of nitrogens with zero attached hydrogens (tertiary/aromatic N) is 5. The van der Waals surface area contributed by atoms with Crippen LogP contribution in [-0.4, -0.2) is 62.4 Å². The van der Waals surface area contributed by atoms with Crippen molar-refractivity contribution in [2.45, 2.75) is 19.3 Å². The van der Waals surface area contributed by atoms with Crippen LogP contribution >= 0.6 is 22.7 Å². The Kier molecular flexibility index (Phi) is 8.70. The summed E-state index contributed by atoms with van der Waals surface area (Å²) < 4.78 is 0. The van der Waals surface area contributed by atoms with Crippen molar-refractivity contribution in [3.8, 4) is 0 Å². The molecule has 2 aromatic rings. The average molecular weight is 585 g/mol. The van der Waals surface area contributed by atoms with Crippen molar-refractivity contribution in [1.29, 1.82) is 0 Å². The summed E-state index contributed by atoms with van der Waals surface area (Å²) in [5.41, 5.74) is 2.45. The van der Waals surface area contributed by atoms with Gasteiger partial charge in [0, 0.05) is 48.1 Å². The lowest BCUT2D eigenvalue weighted by Gasteiger charge is -2.26. The second-order valence-corrected chi connectivity index (χ2v) is 10.3. The normalized spacial score (nSPS) is 14.2. The Balaban J connectivity index is 1.48. The van der Waals surface area contributed by atoms with E-state index in [9.17, 15) is 39.4 Å². The molecule has 0 aromatic carbocycles. The van der Waals surface area contributed by atoms with E-state index in [1.54, 1.807) is 18.5 Å². The molecule has 0 fully saturated rings. The van der Waals surface area contributed by atoms with E-state index in [0.717, 1.165) is 33.7 Å². The number of hydrogen-bond acceptors (Lipinski definition) is 12. The molecule has 40 heavy (non-hydrogen) atoms. The van der Waals surface area contributed by atoms with Gasteiger partial charge in [-0.15, -0.1) is 22.7 Å². The summed E-state index contributed by atoms with van der Waals surface area (Å²) in [6, 6.07) is 2.29. The fraction of sp³-hybridized carbons (Fsp3) is 0.208. The van der Waals surface area contributed by atoms with E-state index in [1.807, 2.05) is 0 Å². The highest BCUT2D eigenvalue weighted by atomic mass is 32.1. The van der Waals surface area contributed by atoms with Crippen molar-refractivity contribution >= 4 is 63.6 Å². The number of ketones is 2. The predicted octanol–water partition coefficient (Wildman–Crippen LogP) is 3.40. The van der Waals surface area contributed by atoms with Crippen molar-refractivity contribution in [2.24, 2.45) is 4.99 Å². The molecule has 206 valence electrons. The summed E-state index contributed by atoms with van der Waals surface area (Å²) in [6.07, 6.45) is 8.59. The van der Waals surface area contributed by atoms with Gasteiger partial charge in [0.2, 0.25) is 0 Å². The molecule has 2 aromatic heterocycles. The van der Waals surface area contributed by atoms with E-state index < -0.39 is 39.8 Å². The number of hydrogen-bond donors (Lipinski definition) is 1. The number of hydrazine groups is 1. The van der Waals surface area contributed by atoms with Gasteiger partial charge in [-0.3, -0.25) is 49.8 Å². The highest BCUT2D eigenvalue weighted by molar-refractivity contribution is 7.12. The monoisotopic (exact) mass is 584 g/mol. The maximum Gasteiger partial charge on any atom is 0.280 e. The van der Waals surface area contributed by atoms with E-state index >= 15 is 0 Å². The topological polar surface area (TPSA) is 185 Å². The van der Waals surface area contributed by atoms with E-state index in [2.05, 4.69) is 10.4 Å². The number of aliphatic imine (C=N–C) groups is 1. The van der Waals surface area contributed by atoms with Gasteiger partial charge in [-0.25, -0.2) is 5.01 Å². The Bertz CT molecular complexity index is 1520. The first-order chi connectivity index (χ1) is 19.1. The first kappa shape index (κ1) is 28.2. The Morgan fingerprint density at radius 1 is 1.00 bits per heavy atom. The van der Waals surface area contributed by atoms with Gasteiger partial charge in [-0.05, 0) is 19.3 Å². The van der Waals surface area contributed by atoms with Crippen LogP contribution in [0.3, 0.4) is 0 Å². The minimum Gasteiger partial charge on any atom is -0.346 e. The standard InChI is InChI=1S/C24H20N6O8S2/c31-19(21-7-17(13-39-21)29(35)36)11-27-6-2-4-16(10-27)23(33)26-28(24(34)15-3-1-5-25-9-15)12-20(32)22-8-18(14-40-22)30(37)38/h2,5-10,13-14H,1,3-4,11-12H2,(H,26,33). The molecule has 0 atom stereocenters. The van der Waals surface area contributed by atoms with Crippen molar-refractivity contribution in [2.75, 3.05) is 13.1 Å². The largest absolute Gasteiger partial charge is 0.346 e. The molecule has 0 saturated heterocycles. The van der Waals surface area contributed by atoms with Gasteiger partial charge in [0.05, 0.1) is 36.9 Å². The van der Waals surface area contributed by atoms with Crippen LogP contribution in [0.2, 0.25) is 0 Å². The lowest BCUT2D eigenvalue weighted by Crippen LogP contribution is -2.50. The first-order valence-electron chi connectivity index (χ1n) is 11.6. The summed E-state index contributed by atoms with van der Waals surface area (Å²) in [6.45, 7) is -0.764. The number of carbonyl (C=O) groups excluding carboxylic acids is 4. The van der Waals surface area contributed by atoms with Gasteiger partial charge in [0.15, 0.2) is 11.6 Å². The van der Waals surface area contributed by atoms with Crippen molar-refractivity contribution in [3.63, 3.8) is 0 Å². The van der Waals surface area contributed by atoms with Gasteiger partial charge >= 0.3 is 0 Å². The first-order valence-corrected chi connectivity index (χ1v) is 13.4. The molecule has 0 radical (unpaired) electrons. The number of amides is 2. The zero-order valence-corrected chi connectivity index (χ0v) is 22.2. The third-order valence-corrected chi connectivity index (χ3v) is 7.57.